The van der Waals surface area contributed by atoms with Crippen molar-refractivity contribution in [1.29, 1.82) is 0 Å². The lowest BCUT2D eigenvalue weighted by Crippen LogP contribution is -2.50. The summed E-state index contributed by atoms with van der Waals surface area (Å²) < 4.78 is 0. The van der Waals surface area contributed by atoms with Crippen LogP contribution in [0, 0.1) is 5.41 Å². The third-order valence-electron chi connectivity index (χ3n) is 4.93. The van der Waals surface area contributed by atoms with Gasteiger partial charge in [-0.3, -0.25) is 4.90 Å². The number of piperazine rings is 1. The highest BCUT2D eigenvalue weighted by molar-refractivity contribution is 7.80. The van der Waals surface area contributed by atoms with Gasteiger partial charge in [0.15, 0.2) is 0 Å². The van der Waals surface area contributed by atoms with Crippen molar-refractivity contribution in [1.82, 2.24) is 9.80 Å². The van der Waals surface area contributed by atoms with Crippen LogP contribution in [0.3, 0.4) is 0 Å². The Bertz CT molecular complexity index is 251. The van der Waals surface area contributed by atoms with Crippen molar-refractivity contribution in [3.05, 3.63) is 0 Å². The van der Waals surface area contributed by atoms with Crippen LogP contribution in [0.25, 0.3) is 0 Å². The molecule has 2 rings (SSSR count). The molecule has 2 fully saturated rings. The SMILES string of the molecule is CCCC(CS)(CCC)CN1CCN(C2CC2)CC1. The van der Waals surface area contributed by atoms with E-state index in [1.54, 1.807) is 0 Å². The third-order valence-corrected chi connectivity index (χ3v) is 5.60. The summed E-state index contributed by atoms with van der Waals surface area (Å²) in [5.74, 6) is 1.05. The molecular weight excluding hydrogens is 252 g/mol. The highest BCUT2D eigenvalue weighted by Gasteiger charge is 2.34. The molecule has 19 heavy (non-hydrogen) atoms. The zero-order chi connectivity index (χ0) is 13.7. The summed E-state index contributed by atoms with van der Waals surface area (Å²) in [6.07, 6.45) is 8.17. The average molecular weight is 285 g/mol. The van der Waals surface area contributed by atoms with Gasteiger partial charge in [-0.25, -0.2) is 0 Å². The van der Waals surface area contributed by atoms with Gasteiger partial charge in [-0.2, -0.15) is 12.6 Å². The van der Waals surface area contributed by atoms with E-state index < -0.39 is 0 Å². The fraction of sp³-hybridized carbons (Fsp3) is 1.00. The van der Waals surface area contributed by atoms with E-state index in [-0.39, 0.29) is 0 Å². The quantitative estimate of drug-likeness (QED) is 0.683. The second-order valence-electron chi connectivity index (χ2n) is 6.70. The molecule has 2 nitrogen and oxygen atoms in total. The molecule has 1 aliphatic heterocycles. The molecule has 0 atom stereocenters. The van der Waals surface area contributed by atoms with E-state index in [1.165, 1.54) is 71.2 Å². The zero-order valence-corrected chi connectivity index (χ0v) is 13.8. The van der Waals surface area contributed by atoms with Crippen LogP contribution in [0.1, 0.15) is 52.4 Å². The maximum atomic E-state index is 4.69. The Balaban J connectivity index is 1.82. The summed E-state index contributed by atoms with van der Waals surface area (Å²) >= 11 is 4.69. The summed E-state index contributed by atoms with van der Waals surface area (Å²) in [7, 11) is 0. The van der Waals surface area contributed by atoms with E-state index in [1.807, 2.05) is 0 Å². The number of rotatable bonds is 8. The molecule has 1 saturated carbocycles. The molecule has 0 N–H and O–H groups in total. The van der Waals surface area contributed by atoms with Crippen molar-refractivity contribution < 1.29 is 0 Å². The van der Waals surface area contributed by atoms with Crippen molar-refractivity contribution in [2.24, 2.45) is 5.41 Å². The van der Waals surface area contributed by atoms with Gasteiger partial charge in [0.25, 0.3) is 0 Å². The fourth-order valence-electron chi connectivity index (χ4n) is 3.75. The summed E-state index contributed by atoms with van der Waals surface area (Å²) in [5, 5.41) is 0. The van der Waals surface area contributed by atoms with Crippen molar-refractivity contribution in [3.8, 4) is 0 Å². The molecular formula is C16H32N2S. The van der Waals surface area contributed by atoms with Gasteiger partial charge < -0.3 is 4.90 Å². The summed E-state index contributed by atoms with van der Waals surface area (Å²) in [6.45, 7) is 11.1. The van der Waals surface area contributed by atoms with Crippen molar-refractivity contribution >= 4 is 12.6 Å². The largest absolute Gasteiger partial charge is 0.300 e. The summed E-state index contributed by atoms with van der Waals surface area (Å²) in [5.41, 5.74) is 0.467. The molecule has 0 aromatic heterocycles. The minimum atomic E-state index is 0.467. The third kappa shape index (κ3) is 4.37. The Kier molecular flexibility index (Phi) is 6.04. The number of hydrogen-bond acceptors (Lipinski definition) is 3. The molecule has 3 heteroatoms. The van der Waals surface area contributed by atoms with Gasteiger partial charge in [0.05, 0.1) is 0 Å². The standard InChI is InChI=1S/C16H32N2S/c1-3-7-16(14-19,8-4-2)13-17-9-11-18(12-10-17)15-5-6-15/h15,19H,3-14H2,1-2H3. The van der Waals surface area contributed by atoms with E-state index in [2.05, 4.69) is 23.6 Å². The van der Waals surface area contributed by atoms with Gasteiger partial charge in [0, 0.05) is 38.8 Å². The molecule has 1 aliphatic carbocycles. The smallest absolute Gasteiger partial charge is 0.0113 e. The summed E-state index contributed by atoms with van der Waals surface area (Å²) in [6, 6.07) is 0.947. The minimum absolute atomic E-state index is 0.467. The van der Waals surface area contributed by atoms with Gasteiger partial charge in [-0.05, 0) is 36.9 Å². The van der Waals surface area contributed by atoms with Gasteiger partial charge in [0.2, 0.25) is 0 Å². The first-order valence-electron chi connectivity index (χ1n) is 8.30. The first-order valence-corrected chi connectivity index (χ1v) is 8.93. The molecule has 2 aliphatic rings. The van der Waals surface area contributed by atoms with Gasteiger partial charge in [-0.1, -0.05) is 26.7 Å². The van der Waals surface area contributed by atoms with Crippen molar-refractivity contribution in [2.75, 3.05) is 38.5 Å². The first-order chi connectivity index (χ1) is 9.23. The van der Waals surface area contributed by atoms with Crippen LogP contribution in [-0.4, -0.2) is 54.3 Å². The van der Waals surface area contributed by atoms with E-state index in [0.29, 0.717) is 5.41 Å². The Morgan fingerprint density at radius 3 is 2.00 bits per heavy atom. The Morgan fingerprint density at radius 2 is 1.58 bits per heavy atom. The molecule has 0 spiro atoms. The van der Waals surface area contributed by atoms with Crippen LogP contribution < -0.4 is 0 Å². The number of nitrogens with zero attached hydrogens (tertiary/aromatic N) is 2. The van der Waals surface area contributed by atoms with E-state index in [9.17, 15) is 0 Å². The van der Waals surface area contributed by atoms with Gasteiger partial charge in [-0.15, -0.1) is 0 Å². The monoisotopic (exact) mass is 284 g/mol. The van der Waals surface area contributed by atoms with E-state index >= 15 is 0 Å². The van der Waals surface area contributed by atoms with Crippen molar-refractivity contribution in [3.63, 3.8) is 0 Å². The maximum absolute atomic E-state index is 4.69. The Labute approximate surface area is 125 Å². The molecule has 0 unspecified atom stereocenters. The molecule has 112 valence electrons. The average Bonchev–Trinajstić information content (AvgIpc) is 3.24. The van der Waals surface area contributed by atoms with Crippen LogP contribution in [0.4, 0.5) is 0 Å². The highest BCUT2D eigenvalue weighted by atomic mass is 32.1. The molecule has 0 aromatic carbocycles. The van der Waals surface area contributed by atoms with Crippen LogP contribution in [-0.2, 0) is 0 Å². The lowest BCUT2D eigenvalue weighted by molar-refractivity contribution is 0.0807. The Hall–Kier alpha value is 0.270. The fourth-order valence-corrected chi connectivity index (χ4v) is 4.17. The normalized spacial score (nSPS) is 22.9. The lowest BCUT2D eigenvalue weighted by Gasteiger charge is -2.41. The first kappa shape index (κ1) is 15.7. The molecule has 0 bridgehead atoms. The minimum Gasteiger partial charge on any atom is -0.300 e. The van der Waals surface area contributed by atoms with Crippen LogP contribution in [0.15, 0.2) is 0 Å². The predicted molar refractivity (Wildman–Crippen MR) is 87.1 cm³/mol. The molecule has 1 heterocycles. The van der Waals surface area contributed by atoms with E-state index in [4.69, 9.17) is 12.6 Å². The molecule has 0 amide bonds. The van der Waals surface area contributed by atoms with Crippen molar-refractivity contribution in [2.45, 2.75) is 58.4 Å². The number of hydrogen-bond donors (Lipinski definition) is 1. The van der Waals surface area contributed by atoms with Gasteiger partial charge in [0.1, 0.15) is 0 Å². The Morgan fingerprint density at radius 1 is 1.00 bits per heavy atom. The topological polar surface area (TPSA) is 6.48 Å². The van der Waals surface area contributed by atoms with Crippen LogP contribution >= 0.6 is 12.6 Å². The van der Waals surface area contributed by atoms with Crippen LogP contribution in [0.5, 0.6) is 0 Å². The molecule has 1 saturated heterocycles. The van der Waals surface area contributed by atoms with Gasteiger partial charge >= 0.3 is 0 Å². The number of thiol groups is 1. The highest BCUT2D eigenvalue weighted by Crippen LogP contribution is 2.33. The summed E-state index contributed by atoms with van der Waals surface area (Å²) in [4.78, 5) is 5.42. The van der Waals surface area contributed by atoms with E-state index in [0.717, 1.165) is 11.8 Å². The predicted octanol–water partition coefficient (Wildman–Crippen LogP) is 3.28. The van der Waals surface area contributed by atoms with Crippen LogP contribution in [0.2, 0.25) is 0 Å². The second-order valence-corrected chi connectivity index (χ2v) is 7.02. The maximum Gasteiger partial charge on any atom is 0.0113 e. The zero-order valence-electron chi connectivity index (χ0n) is 12.9. The molecule has 0 radical (unpaired) electrons. The lowest BCUT2D eigenvalue weighted by atomic mass is 9.80. The second kappa shape index (κ2) is 7.33. The molecule has 0 aromatic rings.